The van der Waals surface area contributed by atoms with Crippen molar-refractivity contribution in [3.05, 3.63) is 64.2 Å². The monoisotopic (exact) mass is 379 g/mol. The lowest BCUT2D eigenvalue weighted by Gasteiger charge is -2.21. The van der Waals surface area contributed by atoms with E-state index in [0.29, 0.717) is 42.2 Å². The number of rotatable bonds is 4. The Labute approximate surface area is 162 Å². The second-order valence-electron chi connectivity index (χ2n) is 6.88. The lowest BCUT2D eigenvalue weighted by Crippen LogP contribution is -2.33. The lowest BCUT2D eigenvalue weighted by atomic mass is 10.1. The first-order chi connectivity index (χ1) is 13.5. The fourth-order valence-electron chi connectivity index (χ4n) is 3.26. The SMILES string of the molecule is Cc1cccc2c(=O)n(CC(=O)N(C)Cc3ccc4c(c3)OCCO4)cnc12. The fourth-order valence-corrected chi connectivity index (χ4v) is 3.26. The highest BCUT2D eigenvalue weighted by Gasteiger charge is 2.16. The van der Waals surface area contributed by atoms with Crippen LogP contribution in [0.3, 0.4) is 0 Å². The van der Waals surface area contributed by atoms with Crippen LogP contribution in [-0.4, -0.2) is 40.6 Å². The van der Waals surface area contributed by atoms with Gasteiger partial charge < -0.3 is 14.4 Å². The van der Waals surface area contributed by atoms with E-state index in [2.05, 4.69) is 4.98 Å². The zero-order valence-electron chi connectivity index (χ0n) is 15.8. The molecule has 2 aromatic carbocycles. The molecule has 4 rings (SSSR count). The normalized spacial score (nSPS) is 12.8. The van der Waals surface area contributed by atoms with Crippen LogP contribution in [0.4, 0.5) is 0 Å². The van der Waals surface area contributed by atoms with Crippen LogP contribution in [0.2, 0.25) is 0 Å². The van der Waals surface area contributed by atoms with E-state index in [9.17, 15) is 9.59 Å². The van der Waals surface area contributed by atoms with Gasteiger partial charge in [-0.25, -0.2) is 4.98 Å². The van der Waals surface area contributed by atoms with Gasteiger partial charge >= 0.3 is 0 Å². The molecule has 1 aliphatic rings. The smallest absolute Gasteiger partial charge is 0.261 e. The summed E-state index contributed by atoms with van der Waals surface area (Å²) < 4.78 is 12.5. The van der Waals surface area contributed by atoms with Gasteiger partial charge in [-0.1, -0.05) is 18.2 Å². The summed E-state index contributed by atoms with van der Waals surface area (Å²) in [7, 11) is 1.71. The van der Waals surface area contributed by atoms with E-state index in [4.69, 9.17) is 9.47 Å². The highest BCUT2D eigenvalue weighted by molar-refractivity contribution is 5.81. The number of benzene rings is 2. The Morgan fingerprint density at radius 2 is 1.96 bits per heavy atom. The van der Waals surface area contributed by atoms with Gasteiger partial charge in [0.05, 0.1) is 17.2 Å². The molecular weight excluding hydrogens is 358 g/mol. The number of aromatic nitrogens is 2. The zero-order valence-corrected chi connectivity index (χ0v) is 15.8. The van der Waals surface area contributed by atoms with Crippen LogP contribution in [0.15, 0.2) is 47.5 Å². The summed E-state index contributed by atoms with van der Waals surface area (Å²) >= 11 is 0. The van der Waals surface area contributed by atoms with Gasteiger partial charge in [0.1, 0.15) is 19.8 Å². The van der Waals surface area contributed by atoms with Gasteiger partial charge in [0.25, 0.3) is 5.56 Å². The molecule has 0 bridgehead atoms. The lowest BCUT2D eigenvalue weighted by molar-refractivity contribution is -0.131. The predicted octanol–water partition coefficient (Wildman–Crippen LogP) is 2.13. The van der Waals surface area contributed by atoms with Gasteiger partial charge in [-0.15, -0.1) is 0 Å². The molecule has 0 aliphatic carbocycles. The first-order valence-electron chi connectivity index (χ1n) is 9.10. The van der Waals surface area contributed by atoms with Crippen molar-refractivity contribution in [2.75, 3.05) is 20.3 Å². The quantitative estimate of drug-likeness (QED) is 0.694. The van der Waals surface area contributed by atoms with Crippen LogP contribution in [0, 0.1) is 6.92 Å². The number of ether oxygens (including phenoxy) is 2. The van der Waals surface area contributed by atoms with E-state index in [1.165, 1.54) is 10.9 Å². The Morgan fingerprint density at radius 1 is 1.18 bits per heavy atom. The molecule has 3 aromatic rings. The summed E-state index contributed by atoms with van der Waals surface area (Å²) in [6.45, 7) is 3.31. The number of carbonyl (C=O) groups is 1. The maximum atomic E-state index is 12.7. The average Bonchev–Trinajstić information content (AvgIpc) is 2.70. The number of nitrogens with zero attached hydrogens (tertiary/aromatic N) is 3. The molecule has 0 N–H and O–H groups in total. The molecule has 7 heteroatoms. The maximum Gasteiger partial charge on any atom is 0.261 e. The summed E-state index contributed by atoms with van der Waals surface area (Å²) in [5.74, 6) is 1.23. The van der Waals surface area contributed by atoms with Crippen molar-refractivity contribution < 1.29 is 14.3 Å². The highest BCUT2D eigenvalue weighted by atomic mass is 16.6. The minimum absolute atomic E-state index is 0.0588. The number of carbonyl (C=O) groups excluding carboxylic acids is 1. The van der Waals surface area contributed by atoms with E-state index >= 15 is 0 Å². The molecule has 0 spiro atoms. The minimum Gasteiger partial charge on any atom is -0.486 e. The number of aryl methyl sites for hydroxylation is 1. The van der Waals surface area contributed by atoms with Crippen molar-refractivity contribution in [3.8, 4) is 11.5 Å². The van der Waals surface area contributed by atoms with Gasteiger partial charge in [-0.05, 0) is 36.2 Å². The van der Waals surface area contributed by atoms with Gasteiger partial charge in [0, 0.05) is 13.6 Å². The van der Waals surface area contributed by atoms with Gasteiger partial charge in [0.2, 0.25) is 5.91 Å². The topological polar surface area (TPSA) is 73.7 Å². The molecule has 0 saturated carbocycles. The largest absolute Gasteiger partial charge is 0.486 e. The first kappa shape index (κ1) is 18.0. The molecule has 28 heavy (non-hydrogen) atoms. The van der Waals surface area contributed by atoms with Crippen LogP contribution in [0.1, 0.15) is 11.1 Å². The molecule has 1 aromatic heterocycles. The molecule has 2 heterocycles. The molecule has 0 saturated heterocycles. The van der Waals surface area contributed by atoms with E-state index in [-0.39, 0.29) is 18.0 Å². The molecule has 144 valence electrons. The molecule has 0 unspecified atom stereocenters. The summed E-state index contributed by atoms with van der Waals surface area (Å²) in [6, 6.07) is 11.1. The van der Waals surface area contributed by atoms with E-state index in [0.717, 1.165) is 11.1 Å². The number of amides is 1. The summed E-state index contributed by atoms with van der Waals surface area (Å²) in [4.78, 5) is 31.3. The number of para-hydroxylation sites is 1. The summed E-state index contributed by atoms with van der Waals surface area (Å²) in [6.07, 6.45) is 1.44. The number of fused-ring (bicyclic) bond motifs is 2. The maximum absolute atomic E-state index is 12.7. The van der Waals surface area contributed by atoms with Crippen LogP contribution in [0.25, 0.3) is 10.9 Å². The highest BCUT2D eigenvalue weighted by Crippen LogP contribution is 2.31. The van der Waals surface area contributed by atoms with Crippen LogP contribution in [-0.2, 0) is 17.9 Å². The van der Waals surface area contributed by atoms with Crippen LogP contribution >= 0.6 is 0 Å². The van der Waals surface area contributed by atoms with Gasteiger partial charge in [0.15, 0.2) is 11.5 Å². The Hall–Kier alpha value is -3.35. The molecular formula is C21H21N3O4. The Bertz CT molecular complexity index is 1110. The van der Waals surface area contributed by atoms with Crippen molar-refractivity contribution >= 4 is 16.8 Å². The Kier molecular flexibility index (Phi) is 4.73. The third kappa shape index (κ3) is 3.43. The van der Waals surface area contributed by atoms with Crippen molar-refractivity contribution in [1.29, 1.82) is 0 Å². The molecule has 0 fully saturated rings. The predicted molar refractivity (Wildman–Crippen MR) is 105 cm³/mol. The first-order valence-corrected chi connectivity index (χ1v) is 9.10. The summed E-state index contributed by atoms with van der Waals surface area (Å²) in [5, 5.41) is 0.518. The van der Waals surface area contributed by atoms with Crippen molar-refractivity contribution in [2.24, 2.45) is 0 Å². The van der Waals surface area contributed by atoms with Gasteiger partial charge in [-0.3, -0.25) is 14.2 Å². The molecule has 1 amide bonds. The Morgan fingerprint density at radius 3 is 2.79 bits per heavy atom. The van der Waals surface area contributed by atoms with Crippen LogP contribution in [0.5, 0.6) is 11.5 Å². The molecule has 7 nitrogen and oxygen atoms in total. The standard InChI is InChI=1S/C21H21N3O4/c1-14-4-3-5-16-20(14)22-13-24(21(16)26)12-19(25)23(2)11-15-6-7-17-18(10-15)28-9-8-27-17/h3-7,10,13H,8-9,11-12H2,1-2H3. The second kappa shape index (κ2) is 7.34. The van der Waals surface area contributed by atoms with Crippen molar-refractivity contribution in [2.45, 2.75) is 20.0 Å². The Balaban J connectivity index is 1.50. The number of likely N-dealkylation sites (N-methyl/N-ethyl adjacent to an activating group) is 1. The van der Waals surface area contributed by atoms with E-state index in [1.54, 1.807) is 18.0 Å². The second-order valence-corrected chi connectivity index (χ2v) is 6.88. The number of hydrogen-bond acceptors (Lipinski definition) is 5. The third-order valence-electron chi connectivity index (χ3n) is 4.81. The van der Waals surface area contributed by atoms with E-state index < -0.39 is 0 Å². The number of hydrogen-bond donors (Lipinski definition) is 0. The van der Waals surface area contributed by atoms with E-state index in [1.807, 2.05) is 37.3 Å². The van der Waals surface area contributed by atoms with Crippen LogP contribution < -0.4 is 15.0 Å². The van der Waals surface area contributed by atoms with Crippen molar-refractivity contribution in [1.82, 2.24) is 14.5 Å². The zero-order chi connectivity index (χ0) is 19.7. The summed E-state index contributed by atoms with van der Waals surface area (Å²) in [5.41, 5.74) is 2.32. The van der Waals surface area contributed by atoms with Gasteiger partial charge in [-0.2, -0.15) is 0 Å². The minimum atomic E-state index is -0.213. The van der Waals surface area contributed by atoms with Crippen molar-refractivity contribution in [3.63, 3.8) is 0 Å². The molecule has 0 radical (unpaired) electrons. The fraction of sp³-hybridized carbons (Fsp3) is 0.286. The molecule has 1 aliphatic heterocycles. The average molecular weight is 379 g/mol. The third-order valence-corrected chi connectivity index (χ3v) is 4.81. The molecule has 0 atom stereocenters.